The molecule has 0 spiro atoms. The molecule has 2 N–H and O–H groups in total. The van der Waals surface area contributed by atoms with Crippen molar-refractivity contribution in [3.8, 4) is 0 Å². The Bertz CT molecular complexity index is 800. The standard InChI is InChI=1S/C17H16ClN3OS/c1-11(16(22)19-10-12-6-2-3-7-13(12)18)23-17-20-14-8-4-5-9-15(14)21-17/h2-9,11H,10H2,1H3,(H,19,22)(H,20,21). The number of benzene rings is 2. The SMILES string of the molecule is CC(Sc1nc2ccccc2[nH]1)C(=O)NCc1ccccc1Cl. The van der Waals surface area contributed by atoms with Crippen LogP contribution in [0.25, 0.3) is 11.0 Å². The first-order valence-corrected chi connectivity index (χ1v) is 8.52. The fourth-order valence-electron chi connectivity index (χ4n) is 2.17. The van der Waals surface area contributed by atoms with Gasteiger partial charge in [0.1, 0.15) is 0 Å². The predicted molar refractivity (Wildman–Crippen MR) is 94.7 cm³/mol. The lowest BCUT2D eigenvalue weighted by Crippen LogP contribution is -2.30. The summed E-state index contributed by atoms with van der Waals surface area (Å²) < 4.78 is 0. The normalized spacial score (nSPS) is 12.3. The van der Waals surface area contributed by atoms with Crippen LogP contribution in [0.1, 0.15) is 12.5 Å². The molecule has 0 aliphatic heterocycles. The van der Waals surface area contributed by atoms with Gasteiger partial charge in [-0.2, -0.15) is 0 Å². The monoisotopic (exact) mass is 345 g/mol. The molecule has 1 atom stereocenters. The average molecular weight is 346 g/mol. The Kier molecular flexibility index (Phi) is 4.88. The third-order valence-electron chi connectivity index (χ3n) is 3.44. The first-order chi connectivity index (χ1) is 11.1. The molecule has 1 heterocycles. The second-order valence-electron chi connectivity index (χ2n) is 5.13. The second kappa shape index (κ2) is 7.06. The van der Waals surface area contributed by atoms with Crippen LogP contribution in [0, 0.1) is 0 Å². The Balaban J connectivity index is 1.60. The molecule has 118 valence electrons. The first-order valence-electron chi connectivity index (χ1n) is 7.26. The number of imidazole rings is 1. The van der Waals surface area contributed by atoms with Gasteiger partial charge in [0.25, 0.3) is 0 Å². The number of halogens is 1. The minimum Gasteiger partial charge on any atom is -0.351 e. The fraction of sp³-hybridized carbons (Fsp3) is 0.176. The number of fused-ring (bicyclic) bond motifs is 1. The number of amides is 1. The number of aromatic nitrogens is 2. The molecule has 2 aromatic carbocycles. The van der Waals surface area contributed by atoms with Gasteiger partial charge in [-0.05, 0) is 30.7 Å². The average Bonchev–Trinajstić information content (AvgIpc) is 2.96. The van der Waals surface area contributed by atoms with E-state index in [1.165, 1.54) is 11.8 Å². The maximum Gasteiger partial charge on any atom is 0.233 e. The number of thioether (sulfide) groups is 1. The van der Waals surface area contributed by atoms with Crippen molar-refractivity contribution in [3.05, 3.63) is 59.1 Å². The quantitative estimate of drug-likeness (QED) is 0.687. The van der Waals surface area contributed by atoms with Crippen molar-refractivity contribution >= 4 is 40.3 Å². The van der Waals surface area contributed by atoms with Crippen LogP contribution in [0.2, 0.25) is 5.02 Å². The van der Waals surface area contributed by atoms with Crippen molar-refractivity contribution in [2.24, 2.45) is 0 Å². The third kappa shape index (κ3) is 3.86. The second-order valence-corrected chi connectivity index (χ2v) is 6.87. The van der Waals surface area contributed by atoms with E-state index in [1.54, 1.807) is 0 Å². The lowest BCUT2D eigenvalue weighted by atomic mass is 10.2. The molecule has 0 saturated heterocycles. The molecule has 0 aliphatic carbocycles. The summed E-state index contributed by atoms with van der Waals surface area (Å²) in [6, 6.07) is 15.3. The van der Waals surface area contributed by atoms with Crippen LogP contribution in [0.3, 0.4) is 0 Å². The number of carbonyl (C=O) groups excluding carboxylic acids is 1. The molecule has 3 rings (SSSR count). The van der Waals surface area contributed by atoms with Crippen molar-refractivity contribution in [2.75, 3.05) is 0 Å². The third-order valence-corrected chi connectivity index (χ3v) is 4.79. The van der Waals surface area contributed by atoms with Gasteiger partial charge in [0.15, 0.2) is 5.16 Å². The molecule has 0 fully saturated rings. The van der Waals surface area contributed by atoms with Crippen molar-refractivity contribution < 1.29 is 4.79 Å². The van der Waals surface area contributed by atoms with Crippen LogP contribution < -0.4 is 5.32 Å². The predicted octanol–water partition coefficient (Wildman–Crippen LogP) is 4.01. The molecule has 23 heavy (non-hydrogen) atoms. The summed E-state index contributed by atoms with van der Waals surface area (Å²) in [4.78, 5) is 19.9. The summed E-state index contributed by atoms with van der Waals surface area (Å²) >= 11 is 7.50. The van der Waals surface area contributed by atoms with Crippen LogP contribution in [-0.2, 0) is 11.3 Å². The molecular formula is C17H16ClN3OS. The lowest BCUT2D eigenvalue weighted by molar-refractivity contribution is -0.120. The van der Waals surface area contributed by atoms with Gasteiger partial charge < -0.3 is 10.3 Å². The Morgan fingerprint density at radius 3 is 2.78 bits per heavy atom. The van der Waals surface area contributed by atoms with Gasteiger partial charge in [-0.15, -0.1) is 0 Å². The Hall–Kier alpha value is -1.98. The molecule has 1 amide bonds. The van der Waals surface area contributed by atoms with Crippen molar-refractivity contribution in [1.29, 1.82) is 0 Å². The van der Waals surface area contributed by atoms with Crippen LogP contribution in [0.15, 0.2) is 53.7 Å². The maximum absolute atomic E-state index is 12.2. The van der Waals surface area contributed by atoms with Crippen LogP contribution in [-0.4, -0.2) is 21.1 Å². The van der Waals surface area contributed by atoms with E-state index in [2.05, 4.69) is 15.3 Å². The molecule has 0 saturated carbocycles. The fourth-order valence-corrected chi connectivity index (χ4v) is 3.22. The number of para-hydroxylation sites is 2. The summed E-state index contributed by atoms with van der Waals surface area (Å²) in [6.45, 7) is 2.28. The number of H-pyrrole nitrogens is 1. The van der Waals surface area contributed by atoms with Gasteiger partial charge in [-0.3, -0.25) is 4.79 Å². The molecule has 3 aromatic rings. The molecule has 4 nitrogen and oxygen atoms in total. The van der Waals surface area contributed by atoms with Crippen LogP contribution >= 0.6 is 23.4 Å². The molecule has 0 radical (unpaired) electrons. The zero-order chi connectivity index (χ0) is 16.2. The van der Waals surface area contributed by atoms with Gasteiger partial charge in [0.05, 0.1) is 16.3 Å². The van der Waals surface area contributed by atoms with Crippen LogP contribution in [0.5, 0.6) is 0 Å². The minimum atomic E-state index is -0.252. The highest BCUT2D eigenvalue weighted by atomic mass is 35.5. The number of hydrogen-bond donors (Lipinski definition) is 2. The van der Waals surface area contributed by atoms with Crippen molar-refractivity contribution in [1.82, 2.24) is 15.3 Å². The van der Waals surface area contributed by atoms with Gasteiger partial charge in [-0.1, -0.05) is 53.7 Å². The van der Waals surface area contributed by atoms with Gasteiger partial charge >= 0.3 is 0 Å². The summed E-state index contributed by atoms with van der Waals surface area (Å²) in [6.07, 6.45) is 0. The number of aromatic amines is 1. The number of nitrogens with zero attached hydrogens (tertiary/aromatic N) is 1. The van der Waals surface area contributed by atoms with E-state index in [-0.39, 0.29) is 11.2 Å². The number of nitrogens with one attached hydrogen (secondary N) is 2. The van der Waals surface area contributed by atoms with E-state index in [9.17, 15) is 4.79 Å². The highest BCUT2D eigenvalue weighted by Crippen LogP contribution is 2.23. The number of rotatable bonds is 5. The van der Waals surface area contributed by atoms with Crippen molar-refractivity contribution in [2.45, 2.75) is 23.9 Å². The zero-order valence-corrected chi connectivity index (χ0v) is 14.1. The Labute approximate surface area is 143 Å². The van der Waals surface area contributed by atoms with E-state index in [0.717, 1.165) is 21.8 Å². The van der Waals surface area contributed by atoms with E-state index in [4.69, 9.17) is 11.6 Å². The summed E-state index contributed by atoms with van der Waals surface area (Å²) in [7, 11) is 0. The summed E-state index contributed by atoms with van der Waals surface area (Å²) in [5.74, 6) is -0.0459. The lowest BCUT2D eigenvalue weighted by Gasteiger charge is -2.11. The van der Waals surface area contributed by atoms with Crippen molar-refractivity contribution in [3.63, 3.8) is 0 Å². The smallest absolute Gasteiger partial charge is 0.233 e. The van der Waals surface area contributed by atoms with E-state index in [1.807, 2.05) is 55.5 Å². The highest BCUT2D eigenvalue weighted by Gasteiger charge is 2.16. The highest BCUT2D eigenvalue weighted by molar-refractivity contribution is 8.00. The van der Waals surface area contributed by atoms with Crippen LogP contribution in [0.4, 0.5) is 0 Å². The minimum absolute atomic E-state index is 0.0459. The van der Waals surface area contributed by atoms with Gasteiger partial charge in [0, 0.05) is 11.6 Å². The van der Waals surface area contributed by atoms with E-state index in [0.29, 0.717) is 11.6 Å². The van der Waals surface area contributed by atoms with E-state index >= 15 is 0 Å². The van der Waals surface area contributed by atoms with E-state index < -0.39 is 0 Å². The van der Waals surface area contributed by atoms with Gasteiger partial charge in [0.2, 0.25) is 5.91 Å². The molecular weight excluding hydrogens is 330 g/mol. The topological polar surface area (TPSA) is 57.8 Å². The zero-order valence-electron chi connectivity index (χ0n) is 12.5. The molecule has 0 bridgehead atoms. The Morgan fingerprint density at radius 1 is 1.26 bits per heavy atom. The molecule has 6 heteroatoms. The molecule has 1 unspecified atom stereocenters. The van der Waals surface area contributed by atoms with Gasteiger partial charge in [-0.25, -0.2) is 4.98 Å². The number of hydrogen-bond acceptors (Lipinski definition) is 3. The maximum atomic E-state index is 12.2. The largest absolute Gasteiger partial charge is 0.351 e. The molecule has 0 aliphatic rings. The summed E-state index contributed by atoms with van der Waals surface area (Å²) in [5, 5.41) is 4.06. The molecule has 1 aromatic heterocycles. The first kappa shape index (κ1) is 15.9. The number of carbonyl (C=O) groups is 1. The Morgan fingerprint density at radius 2 is 2.00 bits per heavy atom. The summed E-state index contributed by atoms with van der Waals surface area (Å²) in [5.41, 5.74) is 2.78.